The molecule has 11 heavy (non-hydrogen) atoms. The molecule has 0 bridgehead atoms. The van der Waals surface area contributed by atoms with Gasteiger partial charge in [-0.3, -0.25) is 0 Å². The molecule has 2 aliphatic rings. The van der Waals surface area contributed by atoms with Crippen molar-refractivity contribution in [3.8, 4) is 0 Å². The number of ether oxygens (including phenoxy) is 1. The standard InChI is InChI=1S/C10H18O/c1-7-3-4-9-8(2)6-11-10(9)5-7/h7-10H,3-6H2,1-2H3/t7-,8-,9+,10+/m0/s1. The Labute approximate surface area is 69.1 Å². The number of hydrogen-bond donors (Lipinski definition) is 0. The molecule has 4 atom stereocenters. The van der Waals surface area contributed by atoms with Gasteiger partial charge in [0.2, 0.25) is 0 Å². The lowest BCUT2D eigenvalue weighted by Gasteiger charge is -2.30. The van der Waals surface area contributed by atoms with Crippen LogP contribution in [-0.2, 0) is 4.74 Å². The van der Waals surface area contributed by atoms with E-state index in [1.54, 1.807) is 0 Å². The first-order valence-electron chi connectivity index (χ1n) is 4.89. The smallest absolute Gasteiger partial charge is 0.0609 e. The van der Waals surface area contributed by atoms with Crippen molar-refractivity contribution in [3.63, 3.8) is 0 Å². The fourth-order valence-electron chi connectivity index (χ4n) is 2.59. The summed E-state index contributed by atoms with van der Waals surface area (Å²) in [6.07, 6.45) is 4.77. The van der Waals surface area contributed by atoms with Crippen molar-refractivity contribution in [2.45, 2.75) is 39.2 Å². The highest BCUT2D eigenvalue weighted by Crippen LogP contribution is 2.39. The molecule has 1 heteroatoms. The molecule has 0 spiro atoms. The molecule has 0 N–H and O–H groups in total. The third-order valence-corrected chi connectivity index (χ3v) is 3.41. The van der Waals surface area contributed by atoms with Gasteiger partial charge in [-0.1, -0.05) is 20.3 Å². The van der Waals surface area contributed by atoms with E-state index in [1.807, 2.05) is 0 Å². The summed E-state index contributed by atoms with van der Waals surface area (Å²) in [6.45, 7) is 5.70. The predicted molar refractivity (Wildman–Crippen MR) is 45.4 cm³/mol. The van der Waals surface area contributed by atoms with Gasteiger partial charge in [0.25, 0.3) is 0 Å². The van der Waals surface area contributed by atoms with Gasteiger partial charge in [0, 0.05) is 6.61 Å². The maximum Gasteiger partial charge on any atom is 0.0609 e. The summed E-state index contributed by atoms with van der Waals surface area (Å²) >= 11 is 0. The minimum Gasteiger partial charge on any atom is -0.378 e. The number of hydrogen-bond acceptors (Lipinski definition) is 1. The fourth-order valence-corrected chi connectivity index (χ4v) is 2.59. The van der Waals surface area contributed by atoms with E-state index in [-0.39, 0.29) is 0 Å². The summed E-state index contributed by atoms with van der Waals surface area (Å²) in [5.41, 5.74) is 0. The van der Waals surface area contributed by atoms with Gasteiger partial charge in [0.1, 0.15) is 0 Å². The van der Waals surface area contributed by atoms with Crippen LogP contribution in [0.3, 0.4) is 0 Å². The summed E-state index contributed by atoms with van der Waals surface area (Å²) in [5.74, 6) is 2.63. The highest BCUT2D eigenvalue weighted by Gasteiger charge is 2.37. The molecular weight excluding hydrogens is 136 g/mol. The molecule has 1 aliphatic carbocycles. The Balaban J connectivity index is 2.00. The summed E-state index contributed by atoms with van der Waals surface area (Å²) < 4.78 is 5.74. The van der Waals surface area contributed by atoms with E-state index in [0.717, 1.165) is 24.4 Å². The first kappa shape index (κ1) is 7.60. The third-order valence-electron chi connectivity index (χ3n) is 3.41. The van der Waals surface area contributed by atoms with Gasteiger partial charge < -0.3 is 4.74 Å². The van der Waals surface area contributed by atoms with Crippen LogP contribution in [0.25, 0.3) is 0 Å². The number of rotatable bonds is 0. The molecule has 0 unspecified atom stereocenters. The first-order valence-corrected chi connectivity index (χ1v) is 4.89. The van der Waals surface area contributed by atoms with E-state index in [1.165, 1.54) is 19.3 Å². The van der Waals surface area contributed by atoms with Crippen LogP contribution in [0, 0.1) is 17.8 Å². The lowest BCUT2D eigenvalue weighted by atomic mass is 9.77. The van der Waals surface area contributed by atoms with Crippen LogP contribution in [0.4, 0.5) is 0 Å². The molecule has 1 heterocycles. The normalized spacial score (nSPS) is 50.7. The van der Waals surface area contributed by atoms with Crippen LogP contribution in [0.5, 0.6) is 0 Å². The van der Waals surface area contributed by atoms with Crippen LogP contribution in [-0.4, -0.2) is 12.7 Å². The largest absolute Gasteiger partial charge is 0.378 e. The van der Waals surface area contributed by atoms with E-state index in [0.29, 0.717) is 6.10 Å². The summed E-state index contributed by atoms with van der Waals surface area (Å²) in [6, 6.07) is 0. The van der Waals surface area contributed by atoms with Gasteiger partial charge in [-0.25, -0.2) is 0 Å². The van der Waals surface area contributed by atoms with Crippen molar-refractivity contribution in [3.05, 3.63) is 0 Å². The van der Waals surface area contributed by atoms with Gasteiger partial charge in [-0.05, 0) is 30.6 Å². The summed E-state index contributed by atoms with van der Waals surface area (Å²) in [5, 5.41) is 0. The van der Waals surface area contributed by atoms with Crippen molar-refractivity contribution < 1.29 is 4.74 Å². The maximum atomic E-state index is 5.74. The molecule has 0 radical (unpaired) electrons. The SMILES string of the molecule is C[C@H]1CC[C@@H]2[C@@H](C)CO[C@@H]2C1. The molecule has 2 rings (SSSR count). The van der Waals surface area contributed by atoms with Crippen molar-refractivity contribution in [1.29, 1.82) is 0 Å². The molecule has 0 aromatic carbocycles. The number of fused-ring (bicyclic) bond motifs is 1. The van der Waals surface area contributed by atoms with Crippen molar-refractivity contribution in [2.24, 2.45) is 17.8 Å². The first-order chi connectivity index (χ1) is 5.27. The summed E-state index contributed by atoms with van der Waals surface area (Å²) in [4.78, 5) is 0. The molecule has 0 amide bonds. The fraction of sp³-hybridized carbons (Fsp3) is 1.00. The van der Waals surface area contributed by atoms with Gasteiger partial charge >= 0.3 is 0 Å². The highest BCUT2D eigenvalue weighted by molar-refractivity contribution is 4.86. The Morgan fingerprint density at radius 2 is 2.00 bits per heavy atom. The van der Waals surface area contributed by atoms with E-state index >= 15 is 0 Å². The third kappa shape index (κ3) is 1.31. The van der Waals surface area contributed by atoms with Crippen LogP contribution in [0.2, 0.25) is 0 Å². The highest BCUT2D eigenvalue weighted by atomic mass is 16.5. The van der Waals surface area contributed by atoms with Gasteiger partial charge in [-0.2, -0.15) is 0 Å². The molecule has 1 saturated carbocycles. The zero-order valence-corrected chi connectivity index (χ0v) is 7.55. The van der Waals surface area contributed by atoms with Crippen LogP contribution < -0.4 is 0 Å². The lowest BCUT2D eigenvalue weighted by Crippen LogP contribution is -2.27. The molecule has 0 aromatic heterocycles. The van der Waals surface area contributed by atoms with E-state index in [9.17, 15) is 0 Å². The molecule has 1 aliphatic heterocycles. The minimum absolute atomic E-state index is 0.619. The Morgan fingerprint density at radius 3 is 2.82 bits per heavy atom. The van der Waals surface area contributed by atoms with Gasteiger partial charge in [0.15, 0.2) is 0 Å². The van der Waals surface area contributed by atoms with Crippen LogP contribution >= 0.6 is 0 Å². The molecule has 1 saturated heterocycles. The van der Waals surface area contributed by atoms with Gasteiger partial charge in [0.05, 0.1) is 6.10 Å². The minimum atomic E-state index is 0.619. The molecular formula is C10H18O. The van der Waals surface area contributed by atoms with Gasteiger partial charge in [-0.15, -0.1) is 0 Å². The topological polar surface area (TPSA) is 9.23 Å². The second-order valence-corrected chi connectivity index (χ2v) is 4.43. The second-order valence-electron chi connectivity index (χ2n) is 4.43. The Bertz CT molecular complexity index is 144. The van der Waals surface area contributed by atoms with Crippen molar-refractivity contribution >= 4 is 0 Å². The van der Waals surface area contributed by atoms with Crippen molar-refractivity contribution in [1.82, 2.24) is 0 Å². The average molecular weight is 154 g/mol. The van der Waals surface area contributed by atoms with Crippen LogP contribution in [0.15, 0.2) is 0 Å². The molecule has 1 nitrogen and oxygen atoms in total. The zero-order valence-electron chi connectivity index (χ0n) is 7.55. The summed E-state index contributed by atoms with van der Waals surface area (Å²) in [7, 11) is 0. The monoisotopic (exact) mass is 154 g/mol. The quantitative estimate of drug-likeness (QED) is 0.521. The molecule has 64 valence electrons. The Morgan fingerprint density at radius 1 is 1.18 bits per heavy atom. The molecule has 2 fully saturated rings. The lowest BCUT2D eigenvalue weighted by molar-refractivity contribution is 0.0494. The zero-order chi connectivity index (χ0) is 7.84. The van der Waals surface area contributed by atoms with E-state index in [4.69, 9.17) is 4.74 Å². The van der Waals surface area contributed by atoms with E-state index < -0.39 is 0 Å². The Kier molecular flexibility index (Phi) is 1.92. The second kappa shape index (κ2) is 2.78. The Hall–Kier alpha value is -0.0400. The molecule has 0 aromatic rings. The average Bonchev–Trinajstić information content (AvgIpc) is 2.32. The van der Waals surface area contributed by atoms with Crippen molar-refractivity contribution in [2.75, 3.05) is 6.61 Å². The van der Waals surface area contributed by atoms with E-state index in [2.05, 4.69) is 13.8 Å². The maximum absolute atomic E-state index is 5.74. The van der Waals surface area contributed by atoms with Crippen LogP contribution in [0.1, 0.15) is 33.1 Å². The predicted octanol–water partition coefficient (Wildman–Crippen LogP) is 2.46.